The number of nitrogens with two attached hydrogens (primary N) is 1. The van der Waals surface area contributed by atoms with Crippen LogP contribution in [0, 0.1) is 6.92 Å². The summed E-state index contributed by atoms with van der Waals surface area (Å²) >= 11 is 1.39. The molecule has 1 aromatic carbocycles. The molecule has 0 unspecified atom stereocenters. The molecule has 1 heterocycles. The van der Waals surface area contributed by atoms with Gasteiger partial charge in [0.15, 0.2) is 0 Å². The first-order chi connectivity index (χ1) is 8.08. The van der Waals surface area contributed by atoms with E-state index in [2.05, 4.69) is 4.98 Å². The number of rotatable bonds is 2. The van der Waals surface area contributed by atoms with E-state index < -0.39 is 0 Å². The molecule has 0 aliphatic heterocycles. The van der Waals surface area contributed by atoms with Crippen molar-refractivity contribution in [1.29, 1.82) is 0 Å². The summed E-state index contributed by atoms with van der Waals surface area (Å²) in [5.74, 6) is -0.0552. The molecule has 5 heteroatoms. The lowest BCUT2D eigenvalue weighted by molar-refractivity contribution is 0.0996. The fourth-order valence-corrected chi connectivity index (χ4v) is 2.19. The maximum Gasteiger partial charge on any atom is 0.269 e. The lowest BCUT2D eigenvalue weighted by Gasteiger charge is -2.16. The van der Waals surface area contributed by atoms with E-state index in [0.29, 0.717) is 10.6 Å². The minimum atomic E-state index is -0.0552. The zero-order valence-electron chi connectivity index (χ0n) is 9.68. The van der Waals surface area contributed by atoms with E-state index in [0.717, 1.165) is 10.7 Å². The highest BCUT2D eigenvalue weighted by Crippen LogP contribution is 2.20. The van der Waals surface area contributed by atoms with Crippen molar-refractivity contribution in [3.05, 3.63) is 40.3 Å². The van der Waals surface area contributed by atoms with E-state index in [1.165, 1.54) is 11.3 Å². The van der Waals surface area contributed by atoms with Gasteiger partial charge in [-0.2, -0.15) is 0 Å². The van der Waals surface area contributed by atoms with E-state index in [4.69, 9.17) is 5.73 Å². The Morgan fingerprint density at radius 3 is 2.53 bits per heavy atom. The zero-order chi connectivity index (χ0) is 12.4. The third kappa shape index (κ3) is 2.45. The van der Waals surface area contributed by atoms with Crippen LogP contribution >= 0.6 is 11.3 Å². The van der Waals surface area contributed by atoms with Crippen LogP contribution < -0.4 is 10.6 Å². The Kier molecular flexibility index (Phi) is 3.10. The molecule has 0 aliphatic carbocycles. The maximum atomic E-state index is 12.1. The number of hydrogen-bond donors (Lipinski definition) is 1. The van der Waals surface area contributed by atoms with Crippen LogP contribution in [0.2, 0.25) is 0 Å². The number of anilines is 2. The van der Waals surface area contributed by atoms with E-state index >= 15 is 0 Å². The Hall–Kier alpha value is -1.88. The van der Waals surface area contributed by atoms with Crippen molar-refractivity contribution in [3.8, 4) is 0 Å². The number of thiazole rings is 1. The van der Waals surface area contributed by atoms with Gasteiger partial charge in [0.25, 0.3) is 5.91 Å². The number of carbonyl (C=O) groups excluding carboxylic acids is 1. The molecule has 1 amide bonds. The van der Waals surface area contributed by atoms with Crippen LogP contribution in [0.25, 0.3) is 0 Å². The number of aryl methyl sites for hydroxylation is 1. The van der Waals surface area contributed by atoms with Crippen molar-refractivity contribution in [2.75, 3.05) is 17.7 Å². The van der Waals surface area contributed by atoms with Crippen molar-refractivity contribution in [2.45, 2.75) is 6.92 Å². The third-order valence-corrected chi connectivity index (χ3v) is 3.32. The van der Waals surface area contributed by atoms with E-state index in [9.17, 15) is 4.79 Å². The molecule has 0 fully saturated rings. The molecule has 2 rings (SSSR count). The van der Waals surface area contributed by atoms with Crippen LogP contribution in [0.4, 0.5) is 11.4 Å². The molecule has 17 heavy (non-hydrogen) atoms. The molecule has 0 atom stereocenters. The van der Waals surface area contributed by atoms with Gasteiger partial charge >= 0.3 is 0 Å². The number of carbonyl (C=O) groups is 1. The van der Waals surface area contributed by atoms with Crippen LogP contribution in [-0.2, 0) is 0 Å². The summed E-state index contributed by atoms with van der Waals surface area (Å²) in [6.07, 6.45) is 1.61. The molecule has 4 nitrogen and oxygen atoms in total. The van der Waals surface area contributed by atoms with Crippen molar-refractivity contribution in [2.24, 2.45) is 0 Å². The second-order valence-corrected chi connectivity index (χ2v) is 4.93. The standard InChI is InChI=1S/C12H13N3OS/c1-8-14-7-11(17-8)12(16)15(2)10-5-3-9(13)4-6-10/h3-7H,13H2,1-2H3. The van der Waals surface area contributed by atoms with Crippen LogP contribution in [0.3, 0.4) is 0 Å². The first-order valence-electron chi connectivity index (χ1n) is 5.14. The molecule has 2 N–H and O–H groups in total. The van der Waals surface area contributed by atoms with Gasteiger partial charge in [-0.1, -0.05) is 0 Å². The highest BCUT2D eigenvalue weighted by molar-refractivity contribution is 7.13. The molecule has 0 radical (unpaired) electrons. The summed E-state index contributed by atoms with van der Waals surface area (Å²) in [5, 5.41) is 0.888. The van der Waals surface area contributed by atoms with Crippen molar-refractivity contribution in [3.63, 3.8) is 0 Å². The SMILES string of the molecule is Cc1ncc(C(=O)N(C)c2ccc(N)cc2)s1. The van der Waals surface area contributed by atoms with Crippen LogP contribution in [0.15, 0.2) is 30.5 Å². The van der Waals surface area contributed by atoms with E-state index in [1.54, 1.807) is 30.3 Å². The lowest BCUT2D eigenvalue weighted by atomic mass is 10.2. The number of hydrogen-bond acceptors (Lipinski definition) is 4. The fraction of sp³-hybridized carbons (Fsp3) is 0.167. The number of nitrogens with zero attached hydrogens (tertiary/aromatic N) is 2. The number of amides is 1. The predicted octanol–water partition coefficient (Wildman–Crippen LogP) is 2.31. The van der Waals surface area contributed by atoms with Gasteiger partial charge in [0.2, 0.25) is 0 Å². The molecule has 0 spiro atoms. The highest BCUT2D eigenvalue weighted by Gasteiger charge is 2.15. The quantitative estimate of drug-likeness (QED) is 0.828. The van der Waals surface area contributed by atoms with Gasteiger partial charge < -0.3 is 10.6 Å². The van der Waals surface area contributed by atoms with Gasteiger partial charge in [-0.3, -0.25) is 4.79 Å². The van der Waals surface area contributed by atoms with Gasteiger partial charge in [0, 0.05) is 18.4 Å². The third-order valence-electron chi connectivity index (χ3n) is 2.42. The Morgan fingerprint density at radius 1 is 1.35 bits per heavy atom. The Bertz CT molecular complexity index is 533. The van der Waals surface area contributed by atoms with Gasteiger partial charge in [0.05, 0.1) is 11.2 Å². The first-order valence-corrected chi connectivity index (χ1v) is 5.95. The highest BCUT2D eigenvalue weighted by atomic mass is 32.1. The topological polar surface area (TPSA) is 59.2 Å². The number of benzene rings is 1. The molecular formula is C12H13N3OS. The Balaban J connectivity index is 2.23. The molecule has 0 aliphatic rings. The minimum absolute atomic E-state index is 0.0552. The minimum Gasteiger partial charge on any atom is -0.399 e. The summed E-state index contributed by atoms with van der Waals surface area (Å²) in [4.78, 5) is 18.4. The average Bonchev–Trinajstić information content (AvgIpc) is 2.75. The monoisotopic (exact) mass is 247 g/mol. The number of aromatic nitrogens is 1. The van der Waals surface area contributed by atoms with E-state index in [-0.39, 0.29) is 5.91 Å². The predicted molar refractivity (Wildman–Crippen MR) is 70.4 cm³/mol. The van der Waals surface area contributed by atoms with Gasteiger partial charge in [0.1, 0.15) is 4.88 Å². The van der Waals surface area contributed by atoms with Crippen LogP contribution in [0.5, 0.6) is 0 Å². The molecular weight excluding hydrogens is 234 g/mol. The van der Waals surface area contributed by atoms with Gasteiger partial charge in [-0.05, 0) is 31.2 Å². The maximum absolute atomic E-state index is 12.1. The normalized spacial score (nSPS) is 10.2. The summed E-state index contributed by atoms with van der Waals surface area (Å²) in [6, 6.07) is 7.19. The average molecular weight is 247 g/mol. The summed E-state index contributed by atoms with van der Waals surface area (Å²) in [6.45, 7) is 1.88. The first kappa shape index (κ1) is 11.6. The molecule has 0 saturated carbocycles. The molecule has 0 saturated heterocycles. The second-order valence-electron chi connectivity index (χ2n) is 3.70. The van der Waals surface area contributed by atoms with Crippen molar-refractivity contribution in [1.82, 2.24) is 4.98 Å². The smallest absolute Gasteiger partial charge is 0.269 e. The summed E-state index contributed by atoms with van der Waals surface area (Å²) in [5.41, 5.74) is 7.10. The van der Waals surface area contributed by atoms with Gasteiger partial charge in [-0.15, -0.1) is 11.3 Å². The Labute approximate surface area is 104 Å². The molecule has 88 valence electrons. The molecule has 2 aromatic rings. The molecule has 1 aromatic heterocycles. The van der Waals surface area contributed by atoms with Crippen LogP contribution in [-0.4, -0.2) is 17.9 Å². The van der Waals surface area contributed by atoms with E-state index in [1.807, 2.05) is 19.1 Å². The Morgan fingerprint density at radius 2 is 2.00 bits per heavy atom. The van der Waals surface area contributed by atoms with Crippen molar-refractivity contribution >= 4 is 28.6 Å². The van der Waals surface area contributed by atoms with Crippen molar-refractivity contribution < 1.29 is 4.79 Å². The lowest BCUT2D eigenvalue weighted by Crippen LogP contribution is -2.25. The summed E-state index contributed by atoms with van der Waals surface area (Å²) in [7, 11) is 1.74. The second kappa shape index (κ2) is 4.55. The number of nitrogen functional groups attached to an aromatic ring is 1. The van der Waals surface area contributed by atoms with Crippen LogP contribution in [0.1, 0.15) is 14.7 Å². The fourth-order valence-electron chi connectivity index (χ4n) is 1.44. The summed E-state index contributed by atoms with van der Waals surface area (Å²) < 4.78 is 0. The largest absolute Gasteiger partial charge is 0.399 e. The van der Waals surface area contributed by atoms with Gasteiger partial charge in [-0.25, -0.2) is 4.98 Å². The zero-order valence-corrected chi connectivity index (χ0v) is 10.5. The molecule has 0 bridgehead atoms.